The number of imidazole rings is 1. The maximum Gasteiger partial charge on any atom is 1.00 e. The van der Waals surface area contributed by atoms with Crippen molar-refractivity contribution in [3.8, 4) is 11.5 Å². The molecule has 2 aromatic carbocycles. The fourth-order valence-electron chi connectivity index (χ4n) is 9.60. The molecule has 1 aromatic heterocycles. The van der Waals surface area contributed by atoms with E-state index in [-0.39, 0.29) is 85.1 Å². The first-order valence-corrected chi connectivity index (χ1v) is 23.3. The van der Waals surface area contributed by atoms with E-state index in [1.165, 1.54) is 19.4 Å². The van der Waals surface area contributed by atoms with E-state index < -0.39 is 126 Å². The molecule has 0 saturated carbocycles. The van der Waals surface area contributed by atoms with Crippen LogP contribution in [-0.2, 0) is 61.4 Å². The molecule has 25 heteroatoms. The van der Waals surface area contributed by atoms with Crippen LogP contribution >= 0.6 is 0 Å². The smallest absolute Gasteiger partial charge is 0.540 e. The van der Waals surface area contributed by atoms with Crippen molar-refractivity contribution >= 4 is 59.3 Å². The van der Waals surface area contributed by atoms with E-state index in [9.17, 15) is 53.4 Å². The second kappa shape index (κ2) is 22.9. The molecule has 380 valence electrons. The Hall–Kier alpha value is -6.60. The van der Waals surface area contributed by atoms with Gasteiger partial charge in [-0.3, -0.25) is 33.6 Å². The number of amides is 7. The first kappa shape index (κ1) is 54.7. The zero-order valence-electron chi connectivity index (χ0n) is 40.4. The van der Waals surface area contributed by atoms with Crippen LogP contribution in [0.15, 0.2) is 42.9 Å². The van der Waals surface area contributed by atoms with Gasteiger partial charge in [-0.1, -0.05) is 39.4 Å². The van der Waals surface area contributed by atoms with Crippen molar-refractivity contribution in [2.45, 2.75) is 120 Å². The number of aromatic nitrogens is 2. The molecule has 0 saturated heterocycles. The fraction of sp³-hybridized carbons (Fsp3) is 0.489. The van der Waals surface area contributed by atoms with Gasteiger partial charge < -0.3 is 77.7 Å². The van der Waals surface area contributed by atoms with E-state index in [1.54, 1.807) is 50.5 Å². The van der Waals surface area contributed by atoms with Crippen LogP contribution in [0.1, 0.15) is 87.4 Å². The Morgan fingerprint density at radius 1 is 0.986 bits per heavy atom. The first-order chi connectivity index (χ1) is 33.8. The summed E-state index contributed by atoms with van der Waals surface area (Å²) in [5.74, 6) is -6.89. The summed E-state index contributed by atoms with van der Waals surface area (Å²) < 4.78 is 13.5. The average Bonchev–Trinajstić information content (AvgIpc) is 4.05. The zero-order chi connectivity index (χ0) is 51.4. The summed E-state index contributed by atoms with van der Waals surface area (Å²) in [6, 6.07) is 0.908. The molecule has 4 aliphatic heterocycles. The van der Waals surface area contributed by atoms with Crippen molar-refractivity contribution < 1.29 is 92.4 Å². The summed E-state index contributed by atoms with van der Waals surface area (Å²) in [5, 5.41) is 44.0. The number of fused-ring (bicyclic) bond motifs is 4. The zero-order valence-corrected chi connectivity index (χ0v) is 42.4. The van der Waals surface area contributed by atoms with Gasteiger partial charge in [-0.05, 0) is 73.4 Å². The molecular formula is C47H58N11NaO13. The number of carbonyl (C=O) groups excluding carboxylic acids is 8. The van der Waals surface area contributed by atoms with Gasteiger partial charge in [0.2, 0.25) is 41.4 Å². The van der Waals surface area contributed by atoms with Gasteiger partial charge in [0.25, 0.3) is 0 Å². The van der Waals surface area contributed by atoms with Crippen molar-refractivity contribution in [2.24, 2.45) is 11.7 Å². The molecule has 10 atom stereocenters. The Morgan fingerprint density at radius 2 is 1.74 bits per heavy atom. The minimum absolute atomic E-state index is 0. The number of hydrogen-bond acceptors (Lipinski definition) is 15. The number of aliphatic carboxylic acids is 1. The Labute approximate surface area is 435 Å². The van der Waals surface area contributed by atoms with E-state index in [0.717, 1.165) is 0 Å². The first-order valence-electron chi connectivity index (χ1n) is 23.3. The number of carbonyl (C=O) groups is 8. The number of aromatic amines is 1. The molecule has 7 amide bonds. The second-order valence-corrected chi connectivity index (χ2v) is 18.4. The Kier molecular flexibility index (Phi) is 17.4. The molecule has 1 spiro atoms. The molecule has 9 unspecified atom stereocenters. The summed E-state index contributed by atoms with van der Waals surface area (Å²) >= 11 is 0. The van der Waals surface area contributed by atoms with Crippen LogP contribution in [0.25, 0.3) is 0 Å². The molecule has 24 nitrogen and oxygen atoms in total. The second-order valence-electron chi connectivity index (χ2n) is 18.4. The maximum absolute atomic E-state index is 14.3. The van der Waals surface area contributed by atoms with Crippen molar-refractivity contribution in [3.05, 3.63) is 70.8 Å². The third kappa shape index (κ3) is 11.4. The van der Waals surface area contributed by atoms with Crippen molar-refractivity contribution in [1.29, 1.82) is 0 Å². The minimum Gasteiger partial charge on any atom is -0.540 e. The number of anilines is 1. The summed E-state index contributed by atoms with van der Waals surface area (Å²) in [5.41, 5.74) is 5.36. The largest absolute Gasteiger partial charge is 1.00 e. The summed E-state index contributed by atoms with van der Waals surface area (Å²) in [4.78, 5) is 126. The molecule has 0 fully saturated rings. The van der Waals surface area contributed by atoms with Crippen LogP contribution in [-0.4, -0.2) is 135 Å². The van der Waals surface area contributed by atoms with Gasteiger partial charge in [0, 0.05) is 30.3 Å². The van der Waals surface area contributed by atoms with Crippen LogP contribution in [0.2, 0.25) is 0 Å². The number of carboxylic acid groups (broad SMARTS) is 1. The number of H-pyrrole nitrogens is 1. The number of nitrogens with zero attached hydrogens (tertiary/aromatic N) is 1. The van der Waals surface area contributed by atoms with Gasteiger partial charge >= 0.3 is 35.5 Å². The van der Waals surface area contributed by atoms with E-state index in [2.05, 4.69) is 52.5 Å². The van der Waals surface area contributed by atoms with Crippen LogP contribution in [0.4, 0.5) is 5.69 Å². The van der Waals surface area contributed by atoms with Crippen LogP contribution in [0.3, 0.4) is 0 Å². The van der Waals surface area contributed by atoms with Gasteiger partial charge in [-0.25, -0.2) is 16.1 Å². The number of aliphatic hydroxyl groups is 1. The third-order valence-electron chi connectivity index (χ3n) is 13.5. The number of nitrogens with two attached hydrogens (primary N) is 1. The Bertz CT molecular complexity index is 2600. The molecule has 72 heavy (non-hydrogen) atoms. The summed E-state index contributed by atoms with van der Waals surface area (Å²) in [6.45, 7) is 4.71. The van der Waals surface area contributed by atoms with Gasteiger partial charge in [-0.2, -0.15) is 0 Å². The maximum atomic E-state index is 14.3. The fourth-order valence-corrected chi connectivity index (χ4v) is 9.60. The molecule has 3 aromatic rings. The predicted molar refractivity (Wildman–Crippen MR) is 249 cm³/mol. The Morgan fingerprint density at radius 3 is 2.42 bits per heavy atom. The molecule has 4 aliphatic rings. The third-order valence-corrected chi connectivity index (χ3v) is 13.5. The predicted octanol–water partition coefficient (Wildman–Crippen LogP) is -5.13. The number of rotatable bonds is 11. The van der Waals surface area contributed by atoms with Crippen LogP contribution < -0.4 is 87.3 Å². The Balaban J connectivity index is 0.00000847. The minimum atomic E-state index is -1.85. The van der Waals surface area contributed by atoms with Gasteiger partial charge in [0.15, 0.2) is 12.3 Å². The van der Waals surface area contributed by atoms with Crippen molar-refractivity contribution in [3.63, 3.8) is 0 Å². The molecule has 0 aliphatic carbocycles. The molecule has 6 bridgehead atoms. The molecule has 5 heterocycles. The van der Waals surface area contributed by atoms with Crippen molar-refractivity contribution in [1.82, 2.24) is 47.2 Å². The number of hydrogen-bond donors (Lipinski definition) is 12. The van der Waals surface area contributed by atoms with Gasteiger partial charge in [0.1, 0.15) is 41.3 Å². The van der Waals surface area contributed by atoms with E-state index in [4.69, 9.17) is 15.2 Å². The van der Waals surface area contributed by atoms with Crippen LogP contribution in [0.5, 0.6) is 11.5 Å². The average molecular weight is 1010 g/mol. The van der Waals surface area contributed by atoms with Gasteiger partial charge in [0.05, 0.1) is 36.6 Å². The quantitative estimate of drug-likeness (QED) is 0.0631. The van der Waals surface area contributed by atoms with E-state index >= 15 is 0 Å². The number of carboxylic acids is 1. The van der Waals surface area contributed by atoms with Gasteiger partial charge in [-0.15, -0.1) is 0 Å². The normalized spacial score (nSPS) is 27.4. The van der Waals surface area contributed by atoms with E-state index in [0.29, 0.717) is 28.1 Å². The van der Waals surface area contributed by atoms with Crippen LogP contribution in [0, 0.1) is 5.92 Å². The number of benzene rings is 2. The van der Waals surface area contributed by atoms with Crippen molar-refractivity contribution in [2.75, 3.05) is 25.0 Å². The van der Waals surface area contributed by atoms with E-state index in [1.807, 2.05) is 6.92 Å². The molecule has 7 rings (SSSR count). The molecule has 0 radical (unpaired) electrons. The number of nitrogens with one attached hydrogen (secondary N) is 9. The number of para-hydroxylation sites is 1. The SMILES string of the molecule is CCC(=O)NC1C[C@@]23c4cccc(c4NC2Oc2c4cc(cc23)C(O)C(C(=O)NC[C-]=O)NC(=O)C(NC(=O)C(N)Cc2cnc[nH]2)CC(C)C4)OC(C)(CC)C(C(=O)O)NC(=O)CNC(=O)CNC1=O.[Na+]. The number of ether oxygens (including phenoxy) is 2. The topological polar surface area (TPSA) is 363 Å². The number of aliphatic hydroxyl groups excluding tert-OH is 1. The molecule has 13 N–H and O–H groups in total. The monoisotopic (exact) mass is 1010 g/mol. The summed E-state index contributed by atoms with van der Waals surface area (Å²) in [6.07, 6.45) is 1.48. The summed E-state index contributed by atoms with van der Waals surface area (Å²) in [7, 11) is 0. The molecular weight excluding hydrogens is 950 g/mol. The standard InChI is InChI=1S/C47H58N11O13.Na/c1-5-32(60)54-30-17-47-26-8-7-9-31(71-46(4,6-2)39(44(68)69)56-34(62)20-51-33(61)19-52-41(30)65)35(26)58-45(47)70-38-24-12-22(3)13-29(55-40(64)28(48)16-25-18-49-21-53-25)42(66)57-36(43(67)50-10-11-59)37(63)23(14-24)15-27(38)47;/h7-9,14-15,18,21-22,28-30,36-37,39,45,58,63H,5-6,10,12-13,16-17,19-20,48H2,1-4H3,(H,49,53)(H,50,67)(H,51,61)(H,52,65)(H,54,60)(H,55,64)(H,56,62)(H,57,66)(H,68,69);/q-1;+1/t22?,28?,29?,30?,36?,37?,39?,45?,46?,47-;/m0./s1.